The molecule has 1 aromatic carbocycles. The number of nitrogens with one attached hydrogen (secondary N) is 2. The van der Waals surface area contributed by atoms with Gasteiger partial charge in [0.25, 0.3) is 0 Å². The molecule has 0 radical (unpaired) electrons. The molecule has 30 heavy (non-hydrogen) atoms. The Bertz CT molecular complexity index is 837. The Morgan fingerprint density at radius 1 is 1.37 bits per heavy atom. The van der Waals surface area contributed by atoms with Gasteiger partial charge in [-0.2, -0.15) is 5.10 Å². The highest BCUT2D eigenvalue weighted by atomic mass is 127. The lowest BCUT2D eigenvalue weighted by molar-refractivity contribution is 0.392. The van der Waals surface area contributed by atoms with Crippen molar-refractivity contribution in [3.05, 3.63) is 47.5 Å². The molecule has 1 atom stereocenters. The van der Waals surface area contributed by atoms with Gasteiger partial charge in [0.2, 0.25) is 0 Å². The number of aliphatic imine (C=N–C) groups is 1. The van der Waals surface area contributed by atoms with Gasteiger partial charge >= 0.3 is 0 Å². The Balaban J connectivity index is 0.00000320. The summed E-state index contributed by atoms with van der Waals surface area (Å²) in [5, 5.41) is 11.2. The summed E-state index contributed by atoms with van der Waals surface area (Å²) in [5.41, 5.74) is 2.89. The Labute approximate surface area is 195 Å². The number of aryl methyl sites for hydroxylation is 1. The first-order chi connectivity index (χ1) is 13.9. The molecule has 166 valence electrons. The molecule has 2 heterocycles. The van der Waals surface area contributed by atoms with Gasteiger partial charge in [-0.1, -0.05) is 6.07 Å². The van der Waals surface area contributed by atoms with Gasteiger partial charge in [0.05, 0.1) is 11.9 Å². The average Bonchev–Trinajstić information content (AvgIpc) is 3.13. The number of hydrogen-bond acceptors (Lipinski definition) is 4. The van der Waals surface area contributed by atoms with E-state index in [0.717, 1.165) is 43.1 Å². The molecular weight excluding hydrogens is 496 g/mol. The molecule has 1 aliphatic rings. The van der Waals surface area contributed by atoms with Gasteiger partial charge in [0.1, 0.15) is 5.82 Å². The quantitative estimate of drug-likeness (QED) is 0.343. The molecule has 9 heteroatoms. The standard InChI is InChI=1S/C21H32FN7.HI/c1-23-21(24-11-16-7-8-20(22)17(10-16)13-27(2)3)26-18-6-5-9-29(14-18)19-12-25-28(4)15-19;/h7-8,10,12,15,18H,5-6,9,11,13-14H2,1-4H3,(H2,23,24,26);1H. The van der Waals surface area contributed by atoms with E-state index in [4.69, 9.17) is 0 Å². The predicted octanol–water partition coefficient (Wildman–Crippen LogP) is 2.57. The maximum absolute atomic E-state index is 14.0. The average molecular weight is 529 g/mol. The Morgan fingerprint density at radius 2 is 2.17 bits per heavy atom. The largest absolute Gasteiger partial charge is 0.367 e. The highest BCUT2D eigenvalue weighted by Gasteiger charge is 2.21. The van der Waals surface area contributed by atoms with Gasteiger partial charge in [0, 0.05) is 58.1 Å². The molecule has 0 amide bonds. The van der Waals surface area contributed by atoms with Crippen LogP contribution >= 0.6 is 24.0 Å². The number of halogens is 2. The van der Waals surface area contributed by atoms with Crippen LogP contribution in [0.15, 0.2) is 35.6 Å². The molecule has 0 bridgehead atoms. The normalized spacial score (nSPS) is 17.1. The number of benzene rings is 1. The van der Waals surface area contributed by atoms with E-state index in [0.29, 0.717) is 24.7 Å². The Hall–Kier alpha value is -1.88. The summed E-state index contributed by atoms with van der Waals surface area (Å²) >= 11 is 0. The van der Waals surface area contributed by atoms with E-state index >= 15 is 0 Å². The van der Waals surface area contributed by atoms with Crippen LogP contribution < -0.4 is 15.5 Å². The molecule has 0 saturated carbocycles. The van der Waals surface area contributed by atoms with E-state index in [9.17, 15) is 4.39 Å². The molecule has 1 fully saturated rings. The third-order valence-electron chi connectivity index (χ3n) is 5.10. The zero-order chi connectivity index (χ0) is 20.8. The molecule has 1 aliphatic heterocycles. The van der Waals surface area contributed by atoms with Gasteiger partial charge in [-0.05, 0) is 44.6 Å². The summed E-state index contributed by atoms with van der Waals surface area (Å²) < 4.78 is 15.8. The van der Waals surface area contributed by atoms with Crippen molar-refractivity contribution in [3.8, 4) is 0 Å². The maximum atomic E-state index is 14.0. The van der Waals surface area contributed by atoms with Crippen LogP contribution in [0, 0.1) is 5.82 Å². The molecular formula is C21H33FIN7. The van der Waals surface area contributed by atoms with Crippen LogP contribution in [-0.2, 0) is 20.1 Å². The summed E-state index contributed by atoms with van der Waals surface area (Å²) in [5.74, 6) is 0.601. The summed E-state index contributed by atoms with van der Waals surface area (Å²) in [7, 11) is 7.59. The number of anilines is 1. The number of guanidine groups is 1. The molecule has 0 spiro atoms. The van der Waals surface area contributed by atoms with Crippen molar-refractivity contribution in [2.24, 2.45) is 12.0 Å². The second-order valence-electron chi connectivity index (χ2n) is 7.89. The fourth-order valence-corrected chi connectivity index (χ4v) is 3.67. The SMILES string of the molecule is CN=C(NCc1ccc(F)c(CN(C)C)c1)NC1CCCN(c2cnn(C)c2)C1.I. The van der Waals surface area contributed by atoms with Gasteiger partial charge in [-0.25, -0.2) is 4.39 Å². The van der Waals surface area contributed by atoms with Crippen LogP contribution in [0.25, 0.3) is 0 Å². The molecule has 2 N–H and O–H groups in total. The molecule has 0 aliphatic carbocycles. The molecule has 7 nitrogen and oxygen atoms in total. The van der Waals surface area contributed by atoms with E-state index in [1.807, 2.05) is 49.1 Å². The molecule has 3 rings (SSSR count). The first kappa shape index (κ1) is 24.4. The smallest absolute Gasteiger partial charge is 0.191 e. The van der Waals surface area contributed by atoms with Crippen LogP contribution in [0.3, 0.4) is 0 Å². The van der Waals surface area contributed by atoms with E-state index in [1.165, 1.54) is 0 Å². The predicted molar refractivity (Wildman–Crippen MR) is 131 cm³/mol. The van der Waals surface area contributed by atoms with E-state index in [1.54, 1.807) is 13.1 Å². The van der Waals surface area contributed by atoms with E-state index in [-0.39, 0.29) is 29.8 Å². The summed E-state index contributed by atoms with van der Waals surface area (Å²) in [4.78, 5) is 8.69. The zero-order valence-corrected chi connectivity index (χ0v) is 20.6. The van der Waals surface area contributed by atoms with Crippen molar-refractivity contribution >= 4 is 35.6 Å². The number of aromatic nitrogens is 2. The summed E-state index contributed by atoms with van der Waals surface area (Å²) in [6.45, 7) is 3.13. The van der Waals surface area contributed by atoms with Crippen molar-refractivity contribution in [1.29, 1.82) is 0 Å². The minimum Gasteiger partial charge on any atom is -0.367 e. The van der Waals surface area contributed by atoms with Crippen LogP contribution in [0.2, 0.25) is 0 Å². The molecule has 2 aromatic rings. The van der Waals surface area contributed by atoms with E-state index < -0.39 is 0 Å². The minimum absolute atomic E-state index is 0. The second-order valence-corrected chi connectivity index (χ2v) is 7.89. The lowest BCUT2D eigenvalue weighted by Crippen LogP contribution is -2.51. The fraction of sp³-hybridized carbons (Fsp3) is 0.524. The van der Waals surface area contributed by atoms with Crippen molar-refractivity contribution < 1.29 is 4.39 Å². The second kappa shape index (κ2) is 11.5. The first-order valence-electron chi connectivity index (χ1n) is 10.1. The van der Waals surface area contributed by atoms with Crippen molar-refractivity contribution in [1.82, 2.24) is 25.3 Å². The van der Waals surface area contributed by atoms with Crippen LogP contribution in [0.5, 0.6) is 0 Å². The van der Waals surface area contributed by atoms with Gasteiger partial charge < -0.3 is 20.4 Å². The number of hydrogen-bond donors (Lipinski definition) is 2. The number of rotatable bonds is 6. The maximum Gasteiger partial charge on any atom is 0.191 e. The fourth-order valence-electron chi connectivity index (χ4n) is 3.67. The Kier molecular flexibility index (Phi) is 9.35. The van der Waals surface area contributed by atoms with Crippen molar-refractivity contribution in [3.63, 3.8) is 0 Å². The zero-order valence-electron chi connectivity index (χ0n) is 18.2. The number of piperidine rings is 1. The monoisotopic (exact) mass is 529 g/mol. The highest BCUT2D eigenvalue weighted by molar-refractivity contribution is 14.0. The van der Waals surface area contributed by atoms with Gasteiger partial charge in [0.15, 0.2) is 5.96 Å². The Morgan fingerprint density at radius 3 is 2.83 bits per heavy atom. The van der Waals surface area contributed by atoms with Crippen LogP contribution in [0.4, 0.5) is 10.1 Å². The molecule has 1 saturated heterocycles. The van der Waals surface area contributed by atoms with Crippen LogP contribution in [-0.4, -0.2) is 60.9 Å². The molecule has 1 unspecified atom stereocenters. The van der Waals surface area contributed by atoms with Crippen molar-refractivity contribution in [2.75, 3.05) is 39.1 Å². The van der Waals surface area contributed by atoms with Gasteiger partial charge in [-0.15, -0.1) is 24.0 Å². The van der Waals surface area contributed by atoms with E-state index in [2.05, 4.69) is 31.8 Å². The lowest BCUT2D eigenvalue weighted by atomic mass is 10.1. The summed E-state index contributed by atoms with van der Waals surface area (Å²) in [6.07, 6.45) is 6.18. The van der Waals surface area contributed by atoms with Crippen molar-refractivity contribution in [2.45, 2.75) is 32.0 Å². The topological polar surface area (TPSA) is 60.7 Å². The molecule has 1 aromatic heterocycles. The summed E-state index contributed by atoms with van der Waals surface area (Å²) in [6, 6.07) is 5.59. The third kappa shape index (κ3) is 6.83. The van der Waals surface area contributed by atoms with Gasteiger partial charge in [-0.3, -0.25) is 9.67 Å². The third-order valence-corrected chi connectivity index (χ3v) is 5.10. The minimum atomic E-state index is -0.164. The van der Waals surface area contributed by atoms with Crippen LogP contribution in [0.1, 0.15) is 24.0 Å². The lowest BCUT2D eigenvalue weighted by Gasteiger charge is -2.34. The first-order valence-corrected chi connectivity index (χ1v) is 10.1. The highest BCUT2D eigenvalue weighted by Crippen LogP contribution is 2.19. The number of nitrogens with zero attached hydrogens (tertiary/aromatic N) is 5.